The van der Waals surface area contributed by atoms with Crippen LogP contribution in [-0.2, 0) is 30.9 Å². The zero-order valence-corrected chi connectivity index (χ0v) is 18.0. The van der Waals surface area contributed by atoms with Gasteiger partial charge in [-0.15, -0.1) is 0 Å². The Kier molecular flexibility index (Phi) is 8.81. The van der Waals surface area contributed by atoms with Crippen molar-refractivity contribution in [2.24, 2.45) is 5.41 Å². The Morgan fingerprint density at radius 1 is 1.39 bits per heavy atom. The number of hydrogen-bond donors (Lipinski definition) is 1. The first-order valence-electron chi connectivity index (χ1n) is 9.86. The molecule has 3 heterocycles. The van der Waals surface area contributed by atoms with Crippen molar-refractivity contribution in [3.8, 4) is 0 Å². The molecule has 0 radical (unpaired) electrons. The minimum atomic E-state index is -5.08. The number of carboxylic acid groups (broad SMARTS) is 1. The zero-order valence-electron chi connectivity index (χ0n) is 17.2. The Balaban J connectivity index is 0.000000423. The highest BCUT2D eigenvalue weighted by Crippen LogP contribution is 2.41. The molecule has 0 saturated carbocycles. The quantitative estimate of drug-likeness (QED) is 0.684. The van der Waals surface area contributed by atoms with E-state index < -0.39 is 22.2 Å². The molecular formula is C19H27F3N2O6S. The fraction of sp³-hybridized carbons (Fsp3) is 0.684. The lowest BCUT2D eigenvalue weighted by atomic mass is 9.73. The number of halogens is 3. The van der Waals surface area contributed by atoms with Crippen molar-refractivity contribution in [3.05, 3.63) is 30.1 Å². The number of carboxylic acids is 1. The number of alkyl halides is 3. The monoisotopic (exact) mass is 468 g/mol. The minimum absolute atomic E-state index is 0.0898. The van der Waals surface area contributed by atoms with Gasteiger partial charge in [-0.05, 0) is 43.9 Å². The molecule has 1 N–H and O–H groups in total. The van der Waals surface area contributed by atoms with Crippen molar-refractivity contribution in [2.45, 2.75) is 45.1 Å². The van der Waals surface area contributed by atoms with Crippen molar-refractivity contribution in [2.75, 3.05) is 32.1 Å². The number of aliphatic carboxylic acids is 1. The van der Waals surface area contributed by atoms with Gasteiger partial charge in [-0.2, -0.15) is 13.2 Å². The number of ether oxygens (including phenoxy) is 2. The molecule has 2 fully saturated rings. The van der Waals surface area contributed by atoms with Crippen molar-refractivity contribution < 1.29 is 41.0 Å². The molecule has 2 aliphatic rings. The van der Waals surface area contributed by atoms with E-state index in [9.17, 15) is 21.6 Å². The van der Waals surface area contributed by atoms with E-state index in [1.165, 1.54) is 0 Å². The van der Waals surface area contributed by atoms with E-state index in [0.29, 0.717) is 26.3 Å². The third-order valence-corrected chi connectivity index (χ3v) is 7.19. The van der Waals surface area contributed by atoms with Gasteiger partial charge >= 0.3 is 12.1 Å². The first-order valence-corrected chi connectivity index (χ1v) is 11.5. The topological polar surface area (TPSA) is 106 Å². The lowest BCUT2D eigenvalue weighted by Crippen LogP contribution is -2.58. The van der Waals surface area contributed by atoms with Gasteiger partial charge in [0.1, 0.15) is 0 Å². The maximum atomic E-state index is 12.3. The van der Waals surface area contributed by atoms with E-state index in [1.54, 1.807) is 23.6 Å². The van der Waals surface area contributed by atoms with Crippen LogP contribution in [0.3, 0.4) is 0 Å². The molecule has 12 heteroatoms. The number of rotatable bonds is 6. The maximum Gasteiger partial charge on any atom is 0.490 e. The smallest absolute Gasteiger partial charge is 0.475 e. The summed E-state index contributed by atoms with van der Waals surface area (Å²) in [6, 6.07) is 3.86. The summed E-state index contributed by atoms with van der Waals surface area (Å²) in [5.41, 5.74) is 0.842. The van der Waals surface area contributed by atoms with Gasteiger partial charge in [-0.25, -0.2) is 17.5 Å². The standard InChI is InChI=1S/C17H26N2O4S.C2HF3O2/c1-2-24(20,21)19-10-6-16-17(13-19,7-3-11-23-16)14-22-12-15-4-8-18-9-5-15;3-2(4,5)1(6)7/h4-5,8-9,16H,2-3,6-7,10-14H2,1H3;(H,6,7). The molecule has 0 aliphatic carbocycles. The van der Waals surface area contributed by atoms with E-state index in [1.807, 2.05) is 12.1 Å². The Labute approximate surface area is 179 Å². The second-order valence-electron chi connectivity index (χ2n) is 7.50. The van der Waals surface area contributed by atoms with Crippen LogP contribution in [0.15, 0.2) is 24.5 Å². The molecule has 31 heavy (non-hydrogen) atoms. The molecule has 2 atom stereocenters. The fourth-order valence-electron chi connectivity index (χ4n) is 3.73. The lowest BCUT2D eigenvalue weighted by molar-refractivity contribution is -0.192. The van der Waals surface area contributed by atoms with Crippen LogP contribution in [-0.4, -0.2) is 73.1 Å². The number of piperidine rings is 1. The molecule has 176 valence electrons. The molecular weight excluding hydrogens is 441 g/mol. The van der Waals surface area contributed by atoms with Crippen LogP contribution in [0.2, 0.25) is 0 Å². The molecule has 0 spiro atoms. The second kappa shape index (κ2) is 10.7. The first-order chi connectivity index (χ1) is 14.5. The van der Waals surface area contributed by atoms with Crippen molar-refractivity contribution in [1.29, 1.82) is 0 Å². The molecule has 2 saturated heterocycles. The number of sulfonamides is 1. The normalized spacial score (nSPS) is 24.6. The predicted octanol–water partition coefficient (Wildman–Crippen LogP) is 2.45. The third kappa shape index (κ3) is 7.13. The molecule has 8 nitrogen and oxygen atoms in total. The van der Waals surface area contributed by atoms with Gasteiger partial charge < -0.3 is 14.6 Å². The number of nitrogens with zero attached hydrogens (tertiary/aromatic N) is 2. The Hall–Kier alpha value is -1.76. The summed E-state index contributed by atoms with van der Waals surface area (Å²) in [4.78, 5) is 12.9. The van der Waals surface area contributed by atoms with Crippen LogP contribution in [0.5, 0.6) is 0 Å². The summed E-state index contributed by atoms with van der Waals surface area (Å²) in [5.74, 6) is -2.61. The average molecular weight is 468 g/mol. The number of fused-ring (bicyclic) bond motifs is 1. The van der Waals surface area contributed by atoms with Crippen molar-refractivity contribution in [1.82, 2.24) is 9.29 Å². The number of carbonyl (C=O) groups is 1. The van der Waals surface area contributed by atoms with Gasteiger partial charge in [0.05, 0.1) is 25.1 Å². The number of pyridine rings is 1. The number of hydrogen-bond acceptors (Lipinski definition) is 6. The lowest BCUT2D eigenvalue weighted by Gasteiger charge is -2.49. The molecule has 2 aliphatic heterocycles. The zero-order chi connectivity index (χ0) is 23.1. The highest BCUT2D eigenvalue weighted by Gasteiger charge is 2.48. The summed E-state index contributed by atoms with van der Waals surface area (Å²) in [6.45, 7) is 4.55. The Morgan fingerprint density at radius 2 is 2.03 bits per heavy atom. The Bertz CT molecular complexity index is 822. The van der Waals surface area contributed by atoms with Gasteiger partial charge in [-0.3, -0.25) is 4.98 Å². The van der Waals surface area contributed by atoms with Gasteiger partial charge in [0.25, 0.3) is 0 Å². The molecule has 1 aromatic rings. The van der Waals surface area contributed by atoms with Gasteiger partial charge in [0.2, 0.25) is 10.0 Å². The van der Waals surface area contributed by atoms with Crippen LogP contribution < -0.4 is 0 Å². The highest BCUT2D eigenvalue weighted by atomic mass is 32.2. The molecule has 1 aromatic heterocycles. The van der Waals surface area contributed by atoms with E-state index in [-0.39, 0.29) is 17.3 Å². The maximum absolute atomic E-state index is 12.3. The van der Waals surface area contributed by atoms with Crippen LogP contribution in [0.4, 0.5) is 13.2 Å². The summed E-state index contributed by atoms with van der Waals surface area (Å²) in [6.07, 6.45) is 1.16. The SMILES string of the molecule is CCS(=O)(=O)N1CCC2OCCCC2(COCc2ccncc2)C1.O=C(O)C(F)(F)F. The largest absolute Gasteiger partial charge is 0.490 e. The summed E-state index contributed by atoms with van der Waals surface area (Å²) >= 11 is 0. The number of aromatic nitrogens is 1. The van der Waals surface area contributed by atoms with Crippen molar-refractivity contribution >= 4 is 16.0 Å². The Morgan fingerprint density at radius 3 is 2.61 bits per heavy atom. The van der Waals surface area contributed by atoms with Crippen LogP contribution in [0, 0.1) is 5.41 Å². The van der Waals surface area contributed by atoms with Gasteiger partial charge in [-0.1, -0.05) is 0 Å². The first kappa shape index (κ1) is 25.5. The average Bonchev–Trinajstić information content (AvgIpc) is 2.73. The molecule has 0 aromatic carbocycles. The molecule has 2 unspecified atom stereocenters. The minimum Gasteiger partial charge on any atom is -0.475 e. The van der Waals surface area contributed by atoms with Crippen LogP contribution >= 0.6 is 0 Å². The third-order valence-electron chi connectivity index (χ3n) is 5.36. The van der Waals surface area contributed by atoms with Gasteiger partial charge in [0.15, 0.2) is 0 Å². The van der Waals surface area contributed by atoms with Crippen LogP contribution in [0.25, 0.3) is 0 Å². The van der Waals surface area contributed by atoms with Crippen molar-refractivity contribution in [3.63, 3.8) is 0 Å². The van der Waals surface area contributed by atoms with Gasteiger partial charge in [0, 0.05) is 37.5 Å². The van der Waals surface area contributed by atoms with E-state index in [0.717, 1.165) is 31.4 Å². The van der Waals surface area contributed by atoms with Crippen LogP contribution in [0.1, 0.15) is 31.7 Å². The predicted molar refractivity (Wildman–Crippen MR) is 105 cm³/mol. The fourth-order valence-corrected chi connectivity index (χ4v) is 4.93. The summed E-state index contributed by atoms with van der Waals surface area (Å²) in [5, 5.41) is 7.12. The molecule has 3 rings (SSSR count). The molecule has 0 amide bonds. The van der Waals surface area contributed by atoms with E-state index >= 15 is 0 Å². The van der Waals surface area contributed by atoms with E-state index in [4.69, 9.17) is 19.4 Å². The highest BCUT2D eigenvalue weighted by molar-refractivity contribution is 7.89. The summed E-state index contributed by atoms with van der Waals surface area (Å²) in [7, 11) is -3.17. The summed E-state index contributed by atoms with van der Waals surface area (Å²) < 4.78 is 69.9. The second-order valence-corrected chi connectivity index (χ2v) is 9.76. The molecule has 0 bridgehead atoms. The van der Waals surface area contributed by atoms with E-state index in [2.05, 4.69) is 4.98 Å².